The van der Waals surface area contributed by atoms with Crippen molar-refractivity contribution in [1.29, 1.82) is 0 Å². The summed E-state index contributed by atoms with van der Waals surface area (Å²) < 4.78 is 40.5. The van der Waals surface area contributed by atoms with E-state index in [1.165, 1.54) is 24.3 Å². The minimum absolute atomic E-state index is 0.0565. The van der Waals surface area contributed by atoms with Crippen molar-refractivity contribution in [2.45, 2.75) is 25.9 Å². The van der Waals surface area contributed by atoms with Crippen LogP contribution in [0.3, 0.4) is 0 Å². The molecule has 1 nitrogen and oxygen atoms in total. The van der Waals surface area contributed by atoms with Crippen molar-refractivity contribution in [2.75, 3.05) is 0 Å². The molecule has 0 radical (unpaired) electrons. The van der Waals surface area contributed by atoms with Gasteiger partial charge in [0.05, 0.1) is 0 Å². The summed E-state index contributed by atoms with van der Waals surface area (Å²) in [6, 6.07) is 10.1. The van der Waals surface area contributed by atoms with Crippen LogP contribution in [0.1, 0.15) is 18.1 Å². The van der Waals surface area contributed by atoms with Gasteiger partial charge in [0.25, 0.3) is 0 Å². The lowest BCUT2D eigenvalue weighted by atomic mass is 10.1. The number of hydrogen-bond acceptors (Lipinski definition) is 1. The highest BCUT2D eigenvalue weighted by Crippen LogP contribution is 2.14. The number of rotatable bonds is 5. The second-order valence-corrected chi connectivity index (χ2v) is 4.78. The molecule has 0 aliphatic rings. The zero-order chi connectivity index (χ0) is 14.5. The first-order valence-corrected chi connectivity index (χ1v) is 6.47. The molecule has 1 N–H and O–H groups in total. The number of nitrogens with one attached hydrogen (secondary N) is 1. The SMILES string of the molecule is CC(Cc1c(F)cccc1F)NCc1ccccc1F. The molecule has 0 aromatic heterocycles. The maximum atomic E-state index is 13.5. The third-order valence-electron chi connectivity index (χ3n) is 3.17. The van der Waals surface area contributed by atoms with Crippen molar-refractivity contribution < 1.29 is 13.2 Å². The van der Waals surface area contributed by atoms with Crippen molar-refractivity contribution in [3.63, 3.8) is 0 Å². The van der Waals surface area contributed by atoms with E-state index in [1.807, 2.05) is 6.92 Å². The molecule has 4 heteroatoms. The fourth-order valence-corrected chi connectivity index (χ4v) is 2.03. The molecule has 0 heterocycles. The molecule has 20 heavy (non-hydrogen) atoms. The monoisotopic (exact) mass is 279 g/mol. The Labute approximate surface area is 116 Å². The van der Waals surface area contributed by atoms with Gasteiger partial charge < -0.3 is 5.32 Å². The molecule has 0 bridgehead atoms. The third kappa shape index (κ3) is 3.61. The maximum absolute atomic E-state index is 13.5. The molecule has 106 valence electrons. The summed E-state index contributed by atoms with van der Waals surface area (Å²) in [6.07, 6.45) is 0.215. The minimum Gasteiger partial charge on any atom is -0.310 e. The van der Waals surface area contributed by atoms with Crippen LogP contribution in [0.5, 0.6) is 0 Å². The standard InChI is InChI=1S/C16H16F3N/c1-11(9-13-15(18)7-4-8-16(13)19)20-10-12-5-2-3-6-14(12)17/h2-8,11,20H,9-10H2,1H3. The Balaban J connectivity index is 1.96. The van der Waals surface area contributed by atoms with E-state index in [4.69, 9.17) is 0 Å². The predicted molar refractivity (Wildman–Crippen MR) is 72.8 cm³/mol. The normalized spacial score (nSPS) is 12.4. The van der Waals surface area contributed by atoms with Crippen molar-refractivity contribution in [2.24, 2.45) is 0 Å². The van der Waals surface area contributed by atoms with Gasteiger partial charge in [0.1, 0.15) is 17.5 Å². The van der Waals surface area contributed by atoms with Gasteiger partial charge in [0.2, 0.25) is 0 Å². The average molecular weight is 279 g/mol. The lowest BCUT2D eigenvalue weighted by Gasteiger charge is -2.15. The average Bonchev–Trinajstić information content (AvgIpc) is 2.42. The maximum Gasteiger partial charge on any atom is 0.129 e. The molecule has 0 aliphatic carbocycles. The van der Waals surface area contributed by atoms with Crippen LogP contribution in [-0.2, 0) is 13.0 Å². The van der Waals surface area contributed by atoms with E-state index >= 15 is 0 Å². The van der Waals surface area contributed by atoms with Crippen molar-refractivity contribution in [3.8, 4) is 0 Å². The van der Waals surface area contributed by atoms with Gasteiger partial charge in [0, 0.05) is 23.7 Å². The summed E-state index contributed by atoms with van der Waals surface area (Å²) in [5.41, 5.74) is 0.592. The Hall–Kier alpha value is -1.81. The predicted octanol–water partition coefficient (Wildman–Crippen LogP) is 3.82. The van der Waals surface area contributed by atoms with Crippen LogP contribution in [0.25, 0.3) is 0 Å². The molecule has 0 saturated carbocycles. The van der Waals surface area contributed by atoms with Crippen LogP contribution in [0, 0.1) is 17.5 Å². The molecule has 0 amide bonds. The molecule has 0 aliphatic heterocycles. The number of benzene rings is 2. The Bertz CT molecular complexity index is 563. The summed E-state index contributed by atoms with van der Waals surface area (Å²) in [5.74, 6) is -1.39. The fraction of sp³-hybridized carbons (Fsp3) is 0.250. The van der Waals surface area contributed by atoms with Crippen LogP contribution >= 0.6 is 0 Å². The van der Waals surface area contributed by atoms with Gasteiger partial charge in [0.15, 0.2) is 0 Å². The van der Waals surface area contributed by atoms with Gasteiger partial charge in [-0.1, -0.05) is 24.3 Å². The molecule has 2 rings (SSSR count). The molecule has 2 aromatic rings. The van der Waals surface area contributed by atoms with Crippen LogP contribution in [0.15, 0.2) is 42.5 Å². The zero-order valence-corrected chi connectivity index (χ0v) is 11.2. The van der Waals surface area contributed by atoms with Gasteiger partial charge in [-0.2, -0.15) is 0 Å². The van der Waals surface area contributed by atoms with Gasteiger partial charge in [-0.15, -0.1) is 0 Å². The Morgan fingerprint density at radius 1 is 0.900 bits per heavy atom. The van der Waals surface area contributed by atoms with Gasteiger partial charge >= 0.3 is 0 Å². The van der Waals surface area contributed by atoms with E-state index in [1.54, 1.807) is 18.2 Å². The molecule has 1 unspecified atom stereocenters. The molecular formula is C16H16F3N. The summed E-state index contributed by atoms with van der Waals surface area (Å²) >= 11 is 0. The van der Waals surface area contributed by atoms with Gasteiger partial charge in [-0.3, -0.25) is 0 Å². The van der Waals surface area contributed by atoms with E-state index in [9.17, 15) is 13.2 Å². The van der Waals surface area contributed by atoms with Gasteiger partial charge in [-0.25, -0.2) is 13.2 Å². The largest absolute Gasteiger partial charge is 0.310 e. The molecule has 0 saturated heterocycles. The Morgan fingerprint density at radius 3 is 2.15 bits per heavy atom. The van der Waals surface area contributed by atoms with E-state index in [2.05, 4.69) is 5.32 Å². The first-order chi connectivity index (χ1) is 9.58. The van der Waals surface area contributed by atoms with Crippen LogP contribution in [0.4, 0.5) is 13.2 Å². The molecule has 0 fully saturated rings. The van der Waals surface area contributed by atoms with Crippen LogP contribution in [0.2, 0.25) is 0 Å². The summed E-state index contributed by atoms with van der Waals surface area (Å²) in [7, 11) is 0. The van der Waals surface area contributed by atoms with E-state index in [0.29, 0.717) is 12.1 Å². The zero-order valence-electron chi connectivity index (χ0n) is 11.2. The minimum atomic E-state index is -0.551. The fourth-order valence-electron chi connectivity index (χ4n) is 2.03. The summed E-state index contributed by atoms with van der Waals surface area (Å²) in [5, 5.41) is 3.07. The Morgan fingerprint density at radius 2 is 1.50 bits per heavy atom. The topological polar surface area (TPSA) is 12.0 Å². The lowest BCUT2D eigenvalue weighted by Crippen LogP contribution is -2.28. The molecule has 1 atom stereocenters. The van der Waals surface area contributed by atoms with Crippen LogP contribution < -0.4 is 5.32 Å². The summed E-state index contributed by atoms with van der Waals surface area (Å²) in [4.78, 5) is 0. The Kier molecular flexibility index (Phi) is 4.79. The first-order valence-electron chi connectivity index (χ1n) is 6.47. The van der Waals surface area contributed by atoms with Crippen molar-refractivity contribution >= 4 is 0 Å². The third-order valence-corrected chi connectivity index (χ3v) is 3.17. The second-order valence-electron chi connectivity index (χ2n) is 4.78. The number of hydrogen-bond donors (Lipinski definition) is 1. The lowest BCUT2D eigenvalue weighted by molar-refractivity contribution is 0.492. The van der Waals surface area contributed by atoms with Gasteiger partial charge in [-0.05, 0) is 31.5 Å². The van der Waals surface area contributed by atoms with E-state index in [-0.39, 0.29) is 23.8 Å². The van der Waals surface area contributed by atoms with E-state index < -0.39 is 11.6 Å². The molecular weight excluding hydrogens is 263 g/mol. The summed E-state index contributed by atoms with van der Waals surface area (Å²) in [6.45, 7) is 2.14. The highest BCUT2D eigenvalue weighted by molar-refractivity contribution is 5.21. The smallest absolute Gasteiger partial charge is 0.129 e. The van der Waals surface area contributed by atoms with Crippen molar-refractivity contribution in [3.05, 3.63) is 71.0 Å². The second kappa shape index (κ2) is 6.57. The molecule has 0 spiro atoms. The van der Waals surface area contributed by atoms with Crippen molar-refractivity contribution in [1.82, 2.24) is 5.32 Å². The van der Waals surface area contributed by atoms with Crippen LogP contribution in [-0.4, -0.2) is 6.04 Å². The highest BCUT2D eigenvalue weighted by Gasteiger charge is 2.12. The van der Waals surface area contributed by atoms with E-state index in [0.717, 1.165) is 0 Å². The quantitative estimate of drug-likeness (QED) is 0.877. The number of halogens is 3. The highest BCUT2D eigenvalue weighted by atomic mass is 19.1. The first kappa shape index (κ1) is 14.6. The molecule has 2 aromatic carbocycles.